The average molecular weight is 224 g/mol. The monoisotopic (exact) mass is 223 g/mol. The average Bonchev–Trinajstić information content (AvgIpc) is 3.01. The van der Waals surface area contributed by atoms with Crippen molar-refractivity contribution in [3.05, 3.63) is 34.9 Å². The Bertz CT molecular complexity index is 356. The maximum absolute atomic E-state index is 11.5. The van der Waals surface area contributed by atoms with E-state index in [2.05, 4.69) is 5.32 Å². The van der Waals surface area contributed by atoms with Crippen LogP contribution in [0.15, 0.2) is 24.3 Å². The number of carbonyl (C=O) groups excluding carboxylic acids is 1. The second-order valence-electron chi connectivity index (χ2n) is 4.06. The molecule has 1 aromatic carbocycles. The van der Waals surface area contributed by atoms with Crippen LogP contribution in [0.1, 0.15) is 31.4 Å². The lowest BCUT2D eigenvalue weighted by molar-refractivity contribution is -0.122. The minimum Gasteiger partial charge on any atom is -0.349 e. The number of rotatable bonds is 3. The highest BCUT2D eigenvalue weighted by atomic mass is 35.5. The van der Waals surface area contributed by atoms with Gasteiger partial charge in [-0.1, -0.05) is 23.7 Å². The smallest absolute Gasteiger partial charge is 0.223 e. The molecule has 15 heavy (non-hydrogen) atoms. The highest BCUT2D eigenvalue weighted by Crippen LogP contribution is 2.29. The molecule has 0 unspecified atom stereocenters. The van der Waals surface area contributed by atoms with E-state index >= 15 is 0 Å². The number of halogens is 1. The molecule has 1 atom stereocenters. The van der Waals surface area contributed by atoms with Gasteiger partial charge in [0.15, 0.2) is 0 Å². The third-order valence-electron chi connectivity index (χ3n) is 2.68. The number of hydrogen-bond donors (Lipinski definition) is 1. The molecular formula is C12H14ClNO. The van der Waals surface area contributed by atoms with E-state index in [9.17, 15) is 4.79 Å². The van der Waals surface area contributed by atoms with E-state index in [-0.39, 0.29) is 17.9 Å². The van der Waals surface area contributed by atoms with Crippen molar-refractivity contribution in [3.63, 3.8) is 0 Å². The largest absolute Gasteiger partial charge is 0.349 e. The molecule has 0 radical (unpaired) electrons. The SMILES string of the molecule is C[C@H](NC(=O)C1CC1)c1ccc(Cl)cc1. The summed E-state index contributed by atoms with van der Waals surface area (Å²) in [6.45, 7) is 1.99. The highest BCUT2D eigenvalue weighted by Gasteiger charge is 2.30. The Balaban J connectivity index is 1.97. The first-order valence-electron chi connectivity index (χ1n) is 5.22. The Kier molecular flexibility index (Phi) is 2.96. The molecule has 2 rings (SSSR count). The van der Waals surface area contributed by atoms with Crippen molar-refractivity contribution < 1.29 is 4.79 Å². The lowest BCUT2D eigenvalue weighted by atomic mass is 10.1. The normalized spacial score (nSPS) is 17.2. The van der Waals surface area contributed by atoms with Crippen molar-refractivity contribution in [1.82, 2.24) is 5.32 Å². The summed E-state index contributed by atoms with van der Waals surface area (Å²) in [5.74, 6) is 0.442. The van der Waals surface area contributed by atoms with Crippen molar-refractivity contribution in [2.45, 2.75) is 25.8 Å². The number of hydrogen-bond acceptors (Lipinski definition) is 1. The fourth-order valence-corrected chi connectivity index (χ4v) is 1.64. The van der Waals surface area contributed by atoms with Crippen molar-refractivity contribution in [2.24, 2.45) is 5.92 Å². The van der Waals surface area contributed by atoms with Gasteiger partial charge >= 0.3 is 0 Å². The first-order chi connectivity index (χ1) is 7.16. The zero-order chi connectivity index (χ0) is 10.8. The molecule has 0 aliphatic heterocycles. The standard InChI is InChI=1S/C12H14ClNO/c1-8(14-12(15)10-2-3-10)9-4-6-11(13)7-5-9/h4-8,10H,2-3H2,1H3,(H,14,15)/t8-/m0/s1. The fourth-order valence-electron chi connectivity index (χ4n) is 1.51. The van der Waals surface area contributed by atoms with Gasteiger partial charge in [0.05, 0.1) is 6.04 Å². The van der Waals surface area contributed by atoms with E-state index in [1.807, 2.05) is 31.2 Å². The molecule has 1 N–H and O–H groups in total. The summed E-state index contributed by atoms with van der Waals surface area (Å²) in [7, 11) is 0. The third kappa shape index (κ3) is 2.72. The molecule has 0 saturated heterocycles. The molecule has 1 aromatic rings. The Labute approximate surface area is 94.6 Å². The first kappa shape index (κ1) is 10.5. The Morgan fingerprint density at radius 2 is 2.00 bits per heavy atom. The van der Waals surface area contributed by atoms with Gasteiger partial charge in [-0.3, -0.25) is 4.79 Å². The maximum Gasteiger partial charge on any atom is 0.223 e. The number of nitrogens with one attached hydrogen (secondary N) is 1. The van der Waals surface area contributed by atoms with Crippen molar-refractivity contribution in [3.8, 4) is 0 Å². The molecule has 1 amide bonds. The van der Waals surface area contributed by atoms with Crippen LogP contribution in [-0.4, -0.2) is 5.91 Å². The molecule has 1 aliphatic rings. The van der Waals surface area contributed by atoms with Crippen LogP contribution in [0.2, 0.25) is 5.02 Å². The molecule has 0 aromatic heterocycles. The van der Waals surface area contributed by atoms with E-state index < -0.39 is 0 Å². The number of benzene rings is 1. The summed E-state index contributed by atoms with van der Waals surface area (Å²) < 4.78 is 0. The minimum absolute atomic E-state index is 0.0652. The summed E-state index contributed by atoms with van der Waals surface area (Å²) in [6, 6.07) is 7.64. The van der Waals surface area contributed by atoms with E-state index in [0.717, 1.165) is 23.4 Å². The molecule has 0 heterocycles. The molecule has 3 heteroatoms. The van der Waals surface area contributed by atoms with Crippen LogP contribution < -0.4 is 5.32 Å². The number of amides is 1. The molecule has 80 valence electrons. The molecule has 1 aliphatic carbocycles. The van der Waals surface area contributed by atoms with Crippen LogP contribution in [0.3, 0.4) is 0 Å². The second-order valence-corrected chi connectivity index (χ2v) is 4.49. The second kappa shape index (κ2) is 4.23. The summed E-state index contributed by atoms with van der Waals surface area (Å²) in [5, 5.41) is 3.72. The third-order valence-corrected chi connectivity index (χ3v) is 2.93. The predicted molar refractivity (Wildman–Crippen MR) is 60.7 cm³/mol. The van der Waals surface area contributed by atoms with Gasteiger partial charge < -0.3 is 5.32 Å². The van der Waals surface area contributed by atoms with Gasteiger partial charge in [0.2, 0.25) is 5.91 Å². The van der Waals surface area contributed by atoms with Crippen molar-refractivity contribution in [1.29, 1.82) is 0 Å². The lowest BCUT2D eigenvalue weighted by Crippen LogP contribution is -2.27. The lowest BCUT2D eigenvalue weighted by Gasteiger charge is -2.13. The van der Waals surface area contributed by atoms with Crippen LogP contribution in [0, 0.1) is 5.92 Å². The minimum atomic E-state index is 0.0652. The van der Waals surface area contributed by atoms with Crippen molar-refractivity contribution >= 4 is 17.5 Å². The molecule has 1 fully saturated rings. The summed E-state index contributed by atoms with van der Waals surface area (Å²) in [6.07, 6.45) is 2.08. The summed E-state index contributed by atoms with van der Waals surface area (Å²) in [5.41, 5.74) is 1.09. The quantitative estimate of drug-likeness (QED) is 0.839. The molecular weight excluding hydrogens is 210 g/mol. The van der Waals surface area contributed by atoms with E-state index in [1.165, 1.54) is 0 Å². The van der Waals surface area contributed by atoms with Gasteiger partial charge in [-0.2, -0.15) is 0 Å². The topological polar surface area (TPSA) is 29.1 Å². The predicted octanol–water partition coefficient (Wildman–Crippen LogP) is 2.93. The van der Waals surface area contributed by atoms with Gasteiger partial charge in [0.25, 0.3) is 0 Å². The Morgan fingerprint density at radius 1 is 1.40 bits per heavy atom. The van der Waals surface area contributed by atoms with E-state index in [0.29, 0.717) is 0 Å². The molecule has 1 saturated carbocycles. The Morgan fingerprint density at radius 3 is 2.53 bits per heavy atom. The first-order valence-corrected chi connectivity index (χ1v) is 5.60. The zero-order valence-electron chi connectivity index (χ0n) is 8.66. The van der Waals surface area contributed by atoms with E-state index in [1.54, 1.807) is 0 Å². The van der Waals surface area contributed by atoms with Crippen LogP contribution >= 0.6 is 11.6 Å². The van der Waals surface area contributed by atoms with Gasteiger partial charge in [-0.05, 0) is 37.5 Å². The van der Waals surface area contributed by atoms with Crippen LogP contribution in [-0.2, 0) is 4.79 Å². The van der Waals surface area contributed by atoms with Crippen LogP contribution in [0.4, 0.5) is 0 Å². The van der Waals surface area contributed by atoms with Gasteiger partial charge in [0, 0.05) is 10.9 Å². The fraction of sp³-hybridized carbons (Fsp3) is 0.417. The molecule has 0 spiro atoms. The van der Waals surface area contributed by atoms with Gasteiger partial charge in [-0.15, -0.1) is 0 Å². The van der Waals surface area contributed by atoms with Crippen LogP contribution in [0.25, 0.3) is 0 Å². The van der Waals surface area contributed by atoms with Crippen LogP contribution in [0.5, 0.6) is 0 Å². The van der Waals surface area contributed by atoms with Crippen molar-refractivity contribution in [2.75, 3.05) is 0 Å². The molecule has 0 bridgehead atoms. The zero-order valence-corrected chi connectivity index (χ0v) is 9.42. The summed E-state index contributed by atoms with van der Waals surface area (Å²) >= 11 is 5.80. The summed E-state index contributed by atoms with van der Waals surface area (Å²) in [4.78, 5) is 11.5. The maximum atomic E-state index is 11.5. The Hall–Kier alpha value is -1.02. The number of carbonyl (C=O) groups is 1. The highest BCUT2D eigenvalue weighted by molar-refractivity contribution is 6.30. The molecule has 2 nitrogen and oxygen atoms in total. The van der Waals surface area contributed by atoms with Gasteiger partial charge in [-0.25, -0.2) is 0 Å². The van der Waals surface area contributed by atoms with Gasteiger partial charge in [0.1, 0.15) is 0 Å². The van der Waals surface area contributed by atoms with E-state index in [4.69, 9.17) is 11.6 Å².